The van der Waals surface area contributed by atoms with Gasteiger partial charge in [-0.3, -0.25) is 0 Å². The zero-order chi connectivity index (χ0) is 14.0. The predicted octanol–water partition coefficient (Wildman–Crippen LogP) is 2.19. The maximum atomic E-state index is 6.09. The second-order valence-electron chi connectivity index (χ2n) is 4.37. The second kappa shape index (κ2) is 5.77. The van der Waals surface area contributed by atoms with Crippen LogP contribution in [-0.2, 0) is 0 Å². The largest absolute Gasteiger partial charge is 0.383 e. The highest BCUT2D eigenvalue weighted by atomic mass is 32.2. The van der Waals surface area contributed by atoms with Crippen LogP contribution in [-0.4, -0.2) is 16.0 Å². The lowest BCUT2D eigenvalue weighted by Gasteiger charge is -2.19. The van der Waals surface area contributed by atoms with Crippen molar-refractivity contribution in [2.45, 2.75) is 30.3 Å². The van der Waals surface area contributed by atoms with Crippen molar-refractivity contribution in [3.8, 4) is 0 Å². The number of nitrogen functional groups attached to an aromatic ring is 2. The number of hydrogen-bond acceptors (Lipinski definition) is 7. The first-order valence-corrected chi connectivity index (χ1v) is 7.59. The van der Waals surface area contributed by atoms with Gasteiger partial charge in [0.05, 0.1) is 5.25 Å². The van der Waals surface area contributed by atoms with Crippen molar-refractivity contribution in [3.63, 3.8) is 0 Å². The molecular formula is C12H17N5S2. The minimum Gasteiger partial charge on any atom is -0.383 e. The van der Waals surface area contributed by atoms with Crippen LogP contribution in [0.5, 0.6) is 0 Å². The maximum absolute atomic E-state index is 6.09. The third-order valence-corrected chi connectivity index (χ3v) is 5.18. The van der Waals surface area contributed by atoms with E-state index in [2.05, 4.69) is 28.3 Å². The van der Waals surface area contributed by atoms with Gasteiger partial charge in [-0.15, -0.1) is 11.3 Å². The Hall–Kier alpha value is -1.31. The van der Waals surface area contributed by atoms with E-state index >= 15 is 0 Å². The lowest BCUT2D eigenvalue weighted by Crippen LogP contribution is -2.22. The van der Waals surface area contributed by atoms with Gasteiger partial charge in [0.2, 0.25) is 0 Å². The van der Waals surface area contributed by atoms with Gasteiger partial charge in [-0.2, -0.15) is 0 Å². The summed E-state index contributed by atoms with van der Waals surface area (Å²) in [4.78, 5) is 9.63. The summed E-state index contributed by atoms with van der Waals surface area (Å²) in [6, 6.07) is 3.61. The number of thioether (sulfide) groups is 1. The number of rotatable bonds is 4. The highest BCUT2D eigenvalue weighted by Gasteiger charge is 2.22. The van der Waals surface area contributed by atoms with Crippen molar-refractivity contribution in [2.24, 2.45) is 5.73 Å². The van der Waals surface area contributed by atoms with Crippen molar-refractivity contribution in [3.05, 3.63) is 28.0 Å². The molecule has 102 valence electrons. The highest BCUT2D eigenvalue weighted by Crippen LogP contribution is 2.39. The summed E-state index contributed by atoms with van der Waals surface area (Å²) in [5, 5.41) is 2.73. The smallest absolute Gasteiger partial charge is 0.192 e. The van der Waals surface area contributed by atoms with Gasteiger partial charge in [0.1, 0.15) is 11.6 Å². The number of aromatic nitrogens is 2. The van der Waals surface area contributed by atoms with E-state index in [1.807, 2.05) is 6.92 Å². The molecule has 0 aliphatic heterocycles. The van der Waals surface area contributed by atoms with Crippen molar-refractivity contribution in [1.82, 2.24) is 9.97 Å². The minimum absolute atomic E-state index is 0.0198. The summed E-state index contributed by atoms with van der Waals surface area (Å²) < 4.78 is 0. The van der Waals surface area contributed by atoms with Gasteiger partial charge in [0.25, 0.3) is 0 Å². The van der Waals surface area contributed by atoms with Gasteiger partial charge in [-0.1, -0.05) is 11.8 Å². The number of anilines is 2. The Morgan fingerprint density at radius 1 is 1.26 bits per heavy atom. The molecule has 2 aromatic heterocycles. The molecule has 0 saturated heterocycles. The minimum atomic E-state index is -0.0198. The van der Waals surface area contributed by atoms with Crippen LogP contribution < -0.4 is 17.2 Å². The summed E-state index contributed by atoms with van der Waals surface area (Å²) in [5.74, 6) is 0.752. The van der Waals surface area contributed by atoms with Gasteiger partial charge < -0.3 is 17.2 Å². The van der Waals surface area contributed by atoms with Crippen LogP contribution in [0.1, 0.15) is 22.6 Å². The lowest BCUT2D eigenvalue weighted by molar-refractivity contribution is 0.724. The molecule has 0 saturated carbocycles. The molecule has 2 aromatic rings. The zero-order valence-corrected chi connectivity index (χ0v) is 12.5. The van der Waals surface area contributed by atoms with Crippen LogP contribution in [0.2, 0.25) is 0 Å². The van der Waals surface area contributed by atoms with Crippen LogP contribution in [0.3, 0.4) is 0 Å². The van der Waals surface area contributed by atoms with Gasteiger partial charge in [0.15, 0.2) is 5.16 Å². The Balaban J connectivity index is 2.29. The predicted molar refractivity (Wildman–Crippen MR) is 82.2 cm³/mol. The van der Waals surface area contributed by atoms with E-state index in [1.165, 1.54) is 22.2 Å². The van der Waals surface area contributed by atoms with Crippen LogP contribution in [0, 0.1) is 6.92 Å². The van der Waals surface area contributed by atoms with E-state index in [9.17, 15) is 0 Å². The number of nitrogens with two attached hydrogens (primary N) is 3. The van der Waals surface area contributed by atoms with Gasteiger partial charge in [0, 0.05) is 17.0 Å². The van der Waals surface area contributed by atoms with Gasteiger partial charge >= 0.3 is 0 Å². The average molecular weight is 295 g/mol. The molecule has 0 radical (unpaired) electrons. The van der Waals surface area contributed by atoms with Crippen LogP contribution in [0.25, 0.3) is 0 Å². The van der Waals surface area contributed by atoms with Crippen LogP contribution in [0.4, 0.5) is 11.6 Å². The molecule has 5 nitrogen and oxygen atoms in total. The molecule has 7 heteroatoms. The van der Waals surface area contributed by atoms with Crippen LogP contribution >= 0.6 is 23.1 Å². The third kappa shape index (κ3) is 3.37. The first-order chi connectivity index (χ1) is 8.97. The molecule has 0 spiro atoms. The fourth-order valence-electron chi connectivity index (χ4n) is 1.70. The summed E-state index contributed by atoms with van der Waals surface area (Å²) in [6.07, 6.45) is 0. The molecule has 2 heterocycles. The molecular weight excluding hydrogens is 278 g/mol. The summed E-state index contributed by atoms with van der Waals surface area (Å²) in [5.41, 5.74) is 18.7. The lowest BCUT2D eigenvalue weighted by atomic mass is 10.1. The van der Waals surface area contributed by atoms with Crippen molar-refractivity contribution in [2.75, 3.05) is 11.5 Å². The second-order valence-corrected chi connectivity index (χ2v) is 6.42. The molecule has 19 heavy (non-hydrogen) atoms. The van der Waals surface area contributed by atoms with Crippen LogP contribution in [0.15, 0.2) is 22.7 Å². The summed E-state index contributed by atoms with van der Waals surface area (Å²) >= 11 is 3.19. The number of nitrogens with zero attached hydrogens (tertiary/aromatic N) is 2. The van der Waals surface area contributed by atoms with E-state index in [-0.39, 0.29) is 11.3 Å². The molecule has 0 aliphatic carbocycles. The van der Waals surface area contributed by atoms with Crippen molar-refractivity contribution in [1.29, 1.82) is 0 Å². The molecule has 0 amide bonds. The SMILES string of the molecule is Cc1ccsc1C(Sc1nc(N)cc(N)n1)C(C)N. The fourth-order valence-corrected chi connectivity index (χ4v) is 4.09. The normalized spacial score (nSPS) is 14.3. The van der Waals surface area contributed by atoms with E-state index in [0.717, 1.165) is 0 Å². The molecule has 0 aliphatic rings. The Labute approximate surface area is 120 Å². The summed E-state index contributed by atoms with van der Waals surface area (Å²) in [7, 11) is 0. The fraction of sp³-hybridized carbons (Fsp3) is 0.333. The van der Waals surface area contributed by atoms with Crippen molar-refractivity contribution >= 4 is 34.7 Å². The maximum Gasteiger partial charge on any atom is 0.192 e. The molecule has 2 rings (SSSR count). The molecule has 6 N–H and O–H groups in total. The monoisotopic (exact) mass is 295 g/mol. The highest BCUT2D eigenvalue weighted by molar-refractivity contribution is 7.99. The van der Waals surface area contributed by atoms with Gasteiger partial charge in [-0.05, 0) is 30.9 Å². The molecule has 2 atom stereocenters. The standard InChI is InChI=1S/C12H17N5S2/c1-6-3-4-18-10(6)11(7(2)13)19-12-16-8(14)5-9(15)17-12/h3-5,7,11H,13H2,1-2H3,(H4,14,15,16,17). The zero-order valence-electron chi connectivity index (χ0n) is 10.8. The average Bonchev–Trinajstić information content (AvgIpc) is 2.70. The molecule has 0 fully saturated rings. The van der Waals surface area contributed by atoms with E-state index in [0.29, 0.717) is 16.8 Å². The Bertz CT molecular complexity index is 547. The van der Waals surface area contributed by atoms with Gasteiger partial charge in [-0.25, -0.2) is 9.97 Å². The first kappa shape index (κ1) is 14.1. The topological polar surface area (TPSA) is 104 Å². The van der Waals surface area contributed by atoms with E-state index in [4.69, 9.17) is 17.2 Å². The Morgan fingerprint density at radius 3 is 2.37 bits per heavy atom. The molecule has 0 aromatic carbocycles. The third-order valence-electron chi connectivity index (χ3n) is 2.62. The Kier molecular flexibility index (Phi) is 4.28. The number of hydrogen-bond donors (Lipinski definition) is 3. The first-order valence-electron chi connectivity index (χ1n) is 5.83. The molecule has 0 bridgehead atoms. The van der Waals surface area contributed by atoms with E-state index < -0.39 is 0 Å². The van der Waals surface area contributed by atoms with E-state index in [1.54, 1.807) is 17.4 Å². The Morgan fingerprint density at radius 2 is 1.89 bits per heavy atom. The number of aryl methyl sites for hydroxylation is 1. The summed E-state index contributed by atoms with van der Waals surface area (Å²) in [6.45, 7) is 4.06. The molecule has 2 unspecified atom stereocenters. The quantitative estimate of drug-likeness (QED) is 0.590. The number of thiophene rings is 1. The van der Waals surface area contributed by atoms with Crippen molar-refractivity contribution < 1.29 is 0 Å².